The quantitative estimate of drug-likeness (QED) is 0.0513. The number of aliphatic imine (C=N–C) groups is 3. The fourth-order valence-electron chi connectivity index (χ4n) is 7.77. The Balaban J connectivity index is 1.90. The Morgan fingerprint density at radius 3 is 1.23 bits per heavy atom. The number of carboxylic acids is 3. The Morgan fingerprint density at radius 2 is 0.918 bits per heavy atom. The number of carbonyl (C=O) groups is 3. The summed E-state index contributed by atoms with van der Waals surface area (Å²) in [5.41, 5.74) is 0. The lowest BCUT2D eigenvalue weighted by atomic mass is 9.81. The molecule has 22 nitrogen and oxygen atoms in total. The first-order chi connectivity index (χ1) is 28.6. The summed E-state index contributed by atoms with van der Waals surface area (Å²) in [7, 11) is 4.00. The van der Waals surface area contributed by atoms with E-state index >= 15 is 0 Å². The van der Waals surface area contributed by atoms with Gasteiger partial charge in [-0.1, -0.05) is 41.5 Å². The molecule has 3 fully saturated rings. The van der Waals surface area contributed by atoms with Gasteiger partial charge in [0.15, 0.2) is 19.2 Å². The fourth-order valence-corrected chi connectivity index (χ4v) is 7.77. The second kappa shape index (κ2) is 22.2. The van der Waals surface area contributed by atoms with Crippen LogP contribution in [0.4, 0.5) is 0 Å². The first-order valence-electron chi connectivity index (χ1n) is 20.1. The van der Waals surface area contributed by atoms with Crippen LogP contribution in [0.3, 0.4) is 0 Å². The lowest BCUT2D eigenvalue weighted by Gasteiger charge is -2.48. The SMILES string of the molecule is COC=N[C@H]1C(C(C)C(C)CO)O[C@@](OCC(C)C(C)C2O[C@@](OCC(C)C(C)C3O[C@@](O)(C(=O)O)C[C@H](O)[C@H]3N=COC)(C(=O)O)C[C@H](O)[C@H]2N=COC)(C(=O)O)C[C@@H]1O. The van der Waals surface area contributed by atoms with E-state index in [9.17, 15) is 55.2 Å². The van der Waals surface area contributed by atoms with Crippen molar-refractivity contribution in [3.05, 3.63) is 0 Å². The maximum Gasteiger partial charge on any atom is 0.364 e. The Morgan fingerprint density at radius 1 is 0.590 bits per heavy atom. The molecule has 0 bridgehead atoms. The van der Waals surface area contributed by atoms with Crippen molar-refractivity contribution < 1.29 is 93.1 Å². The van der Waals surface area contributed by atoms with Crippen LogP contribution in [0.5, 0.6) is 0 Å². The van der Waals surface area contributed by atoms with Gasteiger partial charge in [-0.05, 0) is 35.5 Å². The normalized spacial score (nSPS) is 37.8. The number of hydrogen-bond acceptors (Lipinski definition) is 19. The van der Waals surface area contributed by atoms with E-state index in [0.717, 1.165) is 19.2 Å². The van der Waals surface area contributed by atoms with Crippen molar-refractivity contribution in [1.29, 1.82) is 0 Å². The van der Waals surface area contributed by atoms with E-state index < -0.39 is 139 Å². The molecule has 3 aliphatic rings. The Hall–Kier alpha value is -3.58. The maximum absolute atomic E-state index is 13.1. The van der Waals surface area contributed by atoms with Gasteiger partial charge in [-0.3, -0.25) is 0 Å². The van der Waals surface area contributed by atoms with Gasteiger partial charge in [-0.2, -0.15) is 0 Å². The van der Waals surface area contributed by atoms with Crippen LogP contribution in [0.2, 0.25) is 0 Å². The number of ether oxygens (including phenoxy) is 8. The summed E-state index contributed by atoms with van der Waals surface area (Å²) in [5, 5.41) is 84.9. The standard InChI is InChI=1S/C39H65N3O19/c1-19(13-43)22(4)32-29(41-17-55-8)26(45)11-38(60-32,35(49)50)58-15-21(3)24(6)33-30(42-18-56-9)27(46)12-39(61-33,36(51)52)57-14-20(2)23(5)31-28(40-16-54-7)25(44)10-37(53,59-31)34(47)48/h16-33,43-46,53H,10-15H2,1-9H3,(H,47,48)(H,49,50)(H,51,52)/t19?,20?,21?,22?,23?,24?,25-,26-,27-,28+,29+,30+,31?,32?,33?,37+,38+,39+/m0/s1. The Labute approximate surface area is 354 Å². The average Bonchev–Trinajstić information content (AvgIpc) is 3.21. The topological polar surface area (TPSA) is 324 Å². The number of nitrogens with zero attached hydrogens (tertiary/aromatic N) is 3. The average molecular weight is 880 g/mol. The smallest absolute Gasteiger partial charge is 0.364 e. The number of rotatable bonds is 22. The summed E-state index contributed by atoms with van der Waals surface area (Å²) in [6.07, 6.45) is -6.42. The third-order valence-electron chi connectivity index (χ3n) is 12.3. The molecule has 3 rings (SSSR count). The molecule has 0 saturated carbocycles. The minimum absolute atomic E-state index is 0.257. The molecule has 9 unspecified atom stereocenters. The number of aliphatic hydroxyl groups is 5. The molecule has 3 heterocycles. The number of methoxy groups -OCH3 is 3. The molecular formula is C39H65N3O19. The van der Waals surface area contributed by atoms with E-state index in [1.54, 1.807) is 41.5 Å². The summed E-state index contributed by atoms with van der Waals surface area (Å²) in [4.78, 5) is 50.6. The first-order valence-corrected chi connectivity index (χ1v) is 20.1. The maximum atomic E-state index is 13.1. The van der Waals surface area contributed by atoms with Crippen molar-refractivity contribution >= 4 is 37.1 Å². The minimum Gasteiger partial charge on any atom is -0.487 e. The highest BCUT2D eigenvalue weighted by atomic mass is 16.7. The molecule has 3 aliphatic heterocycles. The van der Waals surface area contributed by atoms with Crippen LogP contribution in [0.1, 0.15) is 60.8 Å². The van der Waals surface area contributed by atoms with E-state index in [-0.39, 0.29) is 25.7 Å². The van der Waals surface area contributed by atoms with E-state index in [1.807, 2.05) is 0 Å². The molecule has 0 aliphatic carbocycles. The van der Waals surface area contributed by atoms with Gasteiger partial charge >= 0.3 is 17.9 Å². The van der Waals surface area contributed by atoms with Crippen molar-refractivity contribution in [2.45, 2.75) is 133 Å². The molecule has 61 heavy (non-hydrogen) atoms. The van der Waals surface area contributed by atoms with Crippen LogP contribution < -0.4 is 0 Å². The van der Waals surface area contributed by atoms with Crippen LogP contribution in [0.25, 0.3) is 0 Å². The van der Waals surface area contributed by atoms with Gasteiger partial charge in [0.25, 0.3) is 17.4 Å². The highest BCUT2D eigenvalue weighted by molar-refractivity contribution is 5.77. The molecule has 8 N–H and O–H groups in total. The van der Waals surface area contributed by atoms with Crippen LogP contribution in [-0.2, 0) is 52.3 Å². The fraction of sp³-hybridized carbons (Fsp3) is 0.846. The zero-order chi connectivity index (χ0) is 46.0. The second-order valence-corrected chi connectivity index (χ2v) is 16.5. The molecule has 0 radical (unpaired) electrons. The predicted molar refractivity (Wildman–Crippen MR) is 212 cm³/mol. The van der Waals surface area contributed by atoms with Crippen LogP contribution in [-0.4, -0.2) is 191 Å². The van der Waals surface area contributed by atoms with E-state index in [0.29, 0.717) is 0 Å². The molecule has 0 aromatic carbocycles. The molecular weight excluding hydrogens is 814 g/mol. The van der Waals surface area contributed by atoms with Gasteiger partial charge < -0.3 is 78.7 Å². The third-order valence-corrected chi connectivity index (χ3v) is 12.3. The lowest BCUT2D eigenvalue weighted by molar-refractivity contribution is -0.315. The monoisotopic (exact) mass is 879 g/mol. The number of hydrogen-bond donors (Lipinski definition) is 8. The van der Waals surface area contributed by atoms with Crippen molar-refractivity contribution in [3.63, 3.8) is 0 Å². The summed E-state index contributed by atoms with van der Waals surface area (Å²) >= 11 is 0. The molecule has 0 aromatic rings. The van der Waals surface area contributed by atoms with Gasteiger partial charge in [0.2, 0.25) is 0 Å². The van der Waals surface area contributed by atoms with Crippen LogP contribution in [0, 0.1) is 35.5 Å². The molecule has 0 spiro atoms. The van der Waals surface area contributed by atoms with Gasteiger partial charge in [0.05, 0.1) is 71.2 Å². The highest BCUT2D eigenvalue weighted by Crippen LogP contribution is 2.42. The summed E-state index contributed by atoms with van der Waals surface area (Å²) < 4.78 is 45.0. The van der Waals surface area contributed by atoms with E-state index in [1.165, 1.54) is 21.3 Å². The molecule has 18 atom stereocenters. The van der Waals surface area contributed by atoms with Crippen LogP contribution in [0.15, 0.2) is 15.0 Å². The Kier molecular flexibility index (Phi) is 18.8. The van der Waals surface area contributed by atoms with Crippen LogP contribution >= 0.6 is 0 Å². The Bertz CT molecular complexity index is 1540. The van der Waals surface area contributed by atoms with Gasteiger partial charge in [-0.25, -0.2) is 29.4 Å². The molecule has 0 aromatic heterocycles. The minimum atomic E-state index is -2.74. The van der Waals surface area contributed by atoms with Gasteiger partial charge in [0.1, 0.15) is 18.1 Å². The zero-order valence-corrected chi connectivity index (χ0v) is 36.0. The van der Waals surface area contributed by atoms with Crippen molar-refractivity contribution in [2.75, 3.05) is 41.2 Å². The van der Waals surface area contributed by atoms with Gasteiger partial charge in [-0.15, -0.1) is 0 Å². The summed E-state index contributed by atoms with van der Waals surface area (Å²) in [5.74, 6) is -16.2. The number of aliphatic carboxylic acids is 3. The van der Waals surface area contributed by atoms with Crippen molar-refractivity contribution in [3.8, 4) is 0 Å². The second-order valence-electron chi connectivity index (χ2n) is 16.5. The molecule has 0 amide bonds. The first kappa shape index (κ1) is 51.8. The summed E-state index contributed by atoms with van der Waals surface area (Å²) in [6, 6.07) is -3.15. The zero-order valence-electron chi connectivity index (χ0n) is 36.0. The summed E-state index contributed by atoms with van der Waals surface area (Å²) in [6.45, 7) is 9.07. The van der Waals surface area contributed by atoms with E-state index in [2.05, 4.69) is 15.0 Å². The van der Waals surface area contributed by atoms with Crippen molar-refractivity contribution in [2.24, 2.45) is 50.5 Å². The van der Waals surface area contributed by atoms with Crippen molar-refractivity contribution in [1.82, 2.24) is 0 Å². The van der Waals surface area contributed by atoms with Gasteiger partial charge in [0, 0.05) is 25.9 Å². The largest absolute Gasteiger partial charge is 0.487 e. The third kappa shape index (κ3) is 11.9. The number of aliphatic hydroxyl groups excluding tert-OH is 4. The molecule has 22 heteroatoms. The lowest BCUT2D eigenvalue weighted by Crippen LogP contribution is -2.62. The highest BCUT2D eigenvalue weighted by Gasteiger charge is 2.58. The molecule has 3 saturated heterocycles. The predicted octanol–water partition coefficient (Wildman–Crippen LogP) is -0.257. The van der Waals surface area contributed by atoms with E-state index in [4.69, 9.17) is 37.9 Å². The number of carboxylic acid groups (broad SMARTS) is 3. The molecule has 350 valence electrons.